The zero-order valence-electron chi connectivity index (χ0n) is 26.4. The number of aliphatic imine (C=N–C) groups is 1. The van der Waals surface area contributed by atoms with Crippen LogP contribution in [0.4, 0.5) is 5.69 Å². The fraction of sp³-hybridized carbons (Fsp3) is 0.263. The van der Waals surface area contributed by atoms with E-state index in [4.69, 9.17) is 14.1 Å². The molecule has 8 rings (SSSR count). The molecule has 5 heterocycles. The van der Waals surface area contributed by atoms with Gasteiger partial charge in [-0.2, -0.15) is 0 Å². The number of benzene rings is 2. The van der Waals surface area contributed by atoms with Gasteiger partial charge in [0.2, 0.25) is 5.90 Å². The second-order valence-electron chi connectivity index (χ2n) is 12.3. The van der Waals surface area contributed by atoms with E-state index in [0.29, 0.717) is 17.3 Å². The predicted octanol–water partition coefficient (Wildman–Crippen LogP) is 8.72. The minimum Gasteiger partial charge on any atom is -0.478 e. The number of hydrogen-bond donors (Lipinski definition) is 2. The van der Waals surface area contributed by atoms with Crippen LogP contribution in [0.2, 0.25) is 0 Å². The van der Waals surface area contributed by atoms with Crippen molar-refractivity contribution in [2.75, 3.05) is 18.0 Å². The number of para-hydroxylation sites is 1. The molecule has 2 N–H and O–H groups in total. The Kier molecular flexibility index (Phi) is 7.24. The maximum atomic E-state index is 11.6. The lowest BCUT2D eigenvalue weighted by Crippen LogP contribution is -2.25. The SMILES string of the molecule is CCCCN(CCCC)c1ccc2c3c(oc2c1)C1OC(c2ccnc(-c4cc(C(=O)O)ccn4)c2)=NC1c1[nH]c2ccccc2c1-3. The molecule has 0 spiro atoms. The molecule has 0 saturated heterocycles. The summed E-state index contributed by atoms with van der Waals surface area (Å²) < 4.78 is 13.5. The second kappa shape index (κ2) is 11.7. The van der Waals surface area contributed by atoms with Crippen LogP contribution in [0.3, 0.4) is 0 Å². The van der Waals surface area contributed by atoms with E-state index in [1.807, 2.05) is 18.2 Å². The van der Waals surface area contributed by atoms with Gasteiger partial charge in [0, 0.05) is 70.2 Å². The van der Waals surface area contributed by atoms with Crippen molar-refractivity contribution >= 4 is 39.4 Å². The number of anilines is 1. The van der Waals surface area contributed by atoms with Crippen LogP contribution >= 0.6 is 0 Å². The molecule has 0 saturated carbocycles. The summed E-state index contributed by atoms with van der Waals surface area (Å²) >= 11 is 0. The summed E-state index contributed by atoms with van der Waals surface area (Å²) in [6.07, 6.45) is 7.27. The molecule has 0 bridgehead atoms. The number of aromatic amines is 1. The lowest BCUT2D eigenvalue weighted by molar-refractivity contribution is 0.0696. The Balaban J connectivity index is 1.23. The summed E-state index contributed by atoms with van der Waals surface area (Å²) in [5.41, 5.74) is 8.09. The number of fused-ring (bicyclic) bond motifs is 10. The van der Waals surface area contributed by atoms with Gasteiger partial charge < -0.3 is 24.1 Å². The average Bonchev–Trinajstić information content (AvgIpc) is 3.82. The van der Waals surface area contributed by atoms with Crippen LogP contribution in [0.1, 0.15) is 79.1 Å². The lowest BCUT2D eigenvalue weighted by Gasteiger charge is -2.24. The summed E-state index contributed by atoms with van der Waals surface area (Å²) in [5.74, 6) is 0.230. The Hall–Kier alpha value is -5.44. The summed E-state index contributed by atoms with van der Waals surface area (Å²) in [5, 5.41) is 11.7. The number of H-pyrrole nitrogens is 1. The molecule has 236 valence electrons. The van der Waals surface area contributed by atoms with Crippen LogP contribution in [0.15, 0.2) is 88.5 Å². The Labute approximate surface area is 272 Å². The van der Waals surface area contributed by atoms with Gasteiger partial charge in [0.25, 0.3) is 0 Å². The van der Waals surface area contributed by atoms with Crippen molar-refractivity contribution in [1.82, 2.24) is 15.0 Å². The quantitative estimate of drug-likeness (QED) is 0.156. The number of furan rings is 1. The first kappa shape index (κ1) is 29.0. The molecule has 1 aliphatic heterocycles. The predicted molar refractivity (Wildman–Crippen MR) is 183 cm³/mol. The van der Waals surface area contributed by atoms with Crippen molar-refractivity contribution in [3.8, 4) is 22.5 Å². The zero-order valence-corrected chi connectivity index (χ0v) is 26.4. The van der Waals surface area contributed by atoms with E-state index in [-0.39, 0.29) is 11.6 Å². The van der Waals surface area contributed by atoms with Crippen molar-refractivity contribution in [3.63, 3.8) is 0 Å². The van der Waals surface area contributed by atoms with Gasteiger partial charge in [-0.1, -0.05) is 44.9 Å². The Morgan fingerprint density at radius 1 is 0.894 bits per heavy atom. The van der Waals surface area contributed by atoms with Crippen LogP contribution < -0.4 is 4.90 Å². The van der Waals surface area contributed by atoms with Crippen molar-refractivity contribution in [2.45, 2.75) is 51.7 Å². The number of pyridine rings is 2. The smallest absolute Gasteiger partial charge is 0.335 e. The van der Waals surface area contributed by atoms with Gasteiger partial charge >= 0.3 is 5.97 Å². The Morgan fingerprint density at radius 3 is 2.45 bits per heavy atom. The normalized spacial score (nSPS) is 16.4. The maximum Gasteiger partial charge on any atom is 0.335 e. The molecule has 1 aliphatic carbocycles. The van der Waals surface area contributed by atoms with Gasteiger partial charge in [-0.15, -0.1) is 0 Å². The third-order valence-corrected chi connectivity index (χ3v) is 9.23. The van der Waals surface area contributed by atoms with Crippen molar-refractivity contribution < 1.29 is 19.1 Å². The number of rotatable bonds is 10. The number of unbranched alkanes of at least 4 members (excludes halogenated alkanes) is 2. The minimum atomic E-state index is -1.02. The molecule has 6 aromatic rings. The van der Waals surface area contributed by atoms with Gasteiger partial charge in [-0.3, -0.25) is 9.97 Å². The summed E-state index contributed by atoms with van der Waals surface area (Å²) in [4.78, 5) is 31.7. The number of hydrogen-bond acceptors (Lipinski definition) is 7. The fourth-order valence-electron chi connectivity index (χ4n) is 6.85. The first-order valence-corrected chi connectivity index (χ1v) is 16.4. The van der Waals surface area contributed by atoms with Gasteiger partial charge in [-0.25, -0.2) is 9.79 Å². The maximum absolute atomic E-state index is 11.6. The molecule has 9 nitrogen and oxygen atoms in total. The third-order valence-electron chi connectivity index (χ3n) is 9.23. The number of carboxylic acid groups (broad SMARTS) is 1. The highest BCUT2D eigenvalue weighted by molar-refractivity contribution is 6.09. The van der Waals surface area contributed by atoms with E-state index in [1.165, 1.54) is 24.0 Å². The zero-order chi connectivity index (χ0) is 32.1. The molecular formula is C38H35N5O4. The Bertz CT molecular complexity index is 2170. The molecule has 0 radical (unpaired) electrons. The van der Waals surface area contributed by atoms with E-state index in [0.717, 1.165) is 88.8 Å². The molecular weight excluding hydrogens is 590 g/mol. The average molecular weight is 626 g/mol. The van der Waals surface area contributed by atoms with Crippen LogP contribution in [0.25, 0.3) is 44.4 Å². The molecule has 2 unspecified atom stereocenters. The molecule has 2 aromatic carbocycles. The molecule has 2 aliphatic rings. The minimum absolute atomic E-state index is 0.147. The van der Waals surface area contributed by atoms with Gasteiger partial charge in [0.05, 0.1) is 22.6 Å². The molecule has 0 fully saturated rings. The third kappa shape index (κ3) is 4.93. The molecule has 47 heavy (non-hydrogen) atoms. The van der Waals surface area contributed by atoms with Crippen molar-refractivity contribution in [1.29, 1.82) is 0 Å². The van der Waals surface area contributed by atoms with Crippen LogP contribution in [-0.4, -0.2) is 45.0 Å². The number of ether oxygens (including phenoxy) is 1. The van der Waals surface area contributed by atoms with E-state index in [2.05, 4.69) is 70.1 Å². The number of carbonyl (C=O) groups is 1. The Morgan fingerprint density at radius 2 is 1.66 bits per heavy atom. The standard InChI is InChI=1S/C38H35N5O4/c1-3-5-17-43(18-6-4-2)24-11-12-26-30(21-24)46-35-32(26)31-25-9-7-8-10-27(25)41-33(31)34-36(35)47-37(42-34)22-13-15-39-28(19-22)29-20-23(38(44)45)14-16-40-29/h7-16,19-21,34,36,41H,3-6,17-18H2,1-2H3,(H,44,45). The van der Waals surface area contributed by atoms with Crippen LogP contribution in [0, 0.1) is 0 Å². The van der Waals surface area contributed by atoms with Crippen LogP contribution in [-0.2, 0) is 4.74 Å². The van der Waals surface area contributed by atoms with E-state index in [1.54, 1.807) is 6.20 Å². The van der Waals surface area contributed by atoms with Gasteiger partial charge in [0.15, 0.2) is 11.9 Å². The number of nitrogens with one attached hydrogen (secondary N) is 1. The van der Waals surface area contributed by atoms with Gasteiger partial charge in [-0.05, 0) is 55.3 Å². The lowest BCUT2D eigenvalue weighted by atomic mass is 9.87. The van der Waals surface area contributed by atoms with E-state index >= 15 is 0 Å². The summed E-state index contributed by atoms with van der Waals surface area (Å²) in [6, 6.07) is 21.3. The summed E-state index contributed by atoms with van der Waals surface area (Å²) in [7, 11) is 0. The van der Waals surface area contributed by atoms with E-state index in [9.17, 15) is 9.90 Å². The topological polar surface area (TPSA) is 117 Å². The fourth-order valence-corrected chi connectivity index (χ4v) is 6.85. The second-order valence-corrected chi connectivity index (χ2v) is 12.3. The monoisotopic (exact) mass is 625 g/mol. The number of aromatic carboxylic acids is 1. The largest absolute Gasteiger partial charge is 0.478 e. The highest BCUT2D eigenvalue weighted by Crippen LogP contribution is 2.56. The molecule has 4 aromatic heterocycles. The van der Waals surface area contributed by atoms with Crippen molar-refractivity contribution in [2.24, 2.45) is 4.99 Å². The summed E-state index contributed by atoms with van der Waals surface area (Å²) in [6.45, 7) is 6.50. The first-order chi connectivity index (χ1) is 23.0. The number of nitrogens with zero attached hydrogens (tertiary/aromatic N) is 4. The number of carboxylic acids is 1. The molecule has 0 amide bonds. The highest BCUT2D eigenvalue weighted by atomic mass is 16.5. The molecule has 2 atom stereocenters. The number of aromatic nitrogens is 3. The molecule has 9 heteroatoms. The van der Waals surface area contributed by atoms with Crippen molar-refractivity contribution in [3.05, 3.63) is 102 Å². The van der Waals surface area contributed by atoms with Gasteiger partial charge in [0.1, 0.15) is 11.6 Å². The highest BCUT2D eigenvalue weighted by Gasteiger charge is 2.46. The first-order valence-electron chi connectivity index (χ1n) is 16.4. The van der Waals surface area contributed by atoms with E-state index < -0.39 is 12.1 Å². The van der Waals surface area contributed by atoms with Crippen LogP contribution in [0.5, 0.6) is 0 Å².